The molecule has 5 heteroatoms. The van der Waals surface area contributed by atoms with Gasteiger partial charge in [-0.2, -0.15) is 0 Å². The van der Waals surface area contributed by atoms with E-state index >= 15 is 0 Å². The van der Waals surface area contributed by atoms with Crippen molar-refractivity contribution in [2.75, 3.05) is 19.7 Å². The van der Waals surface area contributed by atoms with E-state index in [1.807, 2.05) is 29.2 Å². The van der Waals surface area contributed by atoms with Crippen LogP contribution in [0.2, 0.25) is 5.02 Å². The summed E-state index contributed by atoms with van der Waals surface area (Å²) < 4.78 is 0. The summed E-state index contributed by atoms with van der Waals surface area (Å²) in [6.45, 7) is 1.61. The van der Waals surface area contributed by atoms with Crippen LogP contribution in [0, 0.1) is 5.92 Å². The van der Waals surface area contributed by atoms with Crippen molar-refractivity contribution in [3.63, 3.8) is 0 Å². The van der Waals surface area contributed by atoms with Gasteiger partial charge in [-0.05, 0) is 55.9 Å². The van der Waals surface area contributed by atoms with Gasteiger partial charge in [0.15, 0.2) is 0 Å². The minimum Gasteiger partial charge on any atom is -0.396 e. The van der Waals surface area contributed by atoms with Gasteiger partial charge in [0, 0.05) is 41.7 Å². The van der Waals surface area contributed by atoms with E-state index in [9.17, 15) is 9.90 Å². The van der Waals surface area contributed by atoms with Crippen molar-refractivity contribution < 1.29 is 9.90 Å². The zero-order valence-corrected chi connectivity index (χ0v) is 14.3. The number of carbonyl (C=O) groups excluding carboxylic acids is 1. The molecule has 2 heterocycles. The lowest BCUT2D eigenvalue weighted by Gasteiger charge is -2.31. The smallest absolute Gasteiger partial charge is 0.254 e. The highest BCUT2D eigenvalue weighted by atomic mass is 35.5. The number of halogens is 1. The van der Waals surface area contributed by atoms with E-state index < -0.39 is 0 Å². The highest BCUT2D eigenvalue weighted by Crippen LogP contribution is 2.40. The summed E-state index contributed by atoms with van der Waals surface area (Å²) in [7, 11) is 0. The SMILES string of the molecule is O=C(c1cc(C2CC2)nc2ccc(Cl)cc12)N1CCC(CO)CC1. The fourth-order valence-electron chi connectivity index (χ4n) is 3.47. The normalized spacial score (nSPS) is 19.0. The first-order valence-corrected chi connectivity index (χ1v) is 9.04. The van der Waals surface area contributed by atoms with Crippen LogP contribution in [0.5, 0.6) is 0 Å². The van der Waals surface area contributed by atoms with Crippen LogP contribution < -0.4 is 0 Å². The van der Waals surface area contributed by atoms with Crippen LogP contribution in [0.25, 0.3) is 10.9 Å². The number of aromatic nitrogens is 1. The van der Waals surface area contributed by atoms with E-state index in [1.54, 1.807) is 0 Å². The van der Waals surface area contributed by atoms with Crippen LogP contribution in [-0.4, -0.2) is 40.6 Å². The first-order chi connectivity index (χ1) is 11.7. The molecular weight excluding hydrogens is 324 g/mol. The van der Waals surface area contributed by atoms with Gasteiger partial charge in [0.05, 0.1) is 11.1 Å². The third-order valence-electron chi connectivity index (χ3n) is 5.18. The maximum Gasteiger partial charge on any atom is 0.254 e. The summed E-state index contributed by atoms with van der Waals surface area (Å²) in [5, 5.41) is 10.7. The first kappa shape index (κ1) is 15.9. The molecule has 1 amide bonds. The Kier molecular flexibility index (Phi) is 4.19. The molecule has 126 valence electrons. The lowest BCUT2D eigenvalue weighted by molar-refractivity contribution is 0.0652. The van der Waals surface area contributed by atoms with Crippen molar-refractivity contribution in [3.05, 3.63) is 40.5 Å². The number of aliphatic hydroxyl groups is 1. The Labute approximate surface area is 146 Å². The molecule has 0 spiro atoms. The minimum absolute atomic E-state index is 0.0583. The molecule has 1 N–H and O–H groups in total. The molecule has 1 aromatic heterocycles. The molecule has 0 bridgehead atoms. The maximum absolute atomic E-state index is 13.1. The number of piperidine rings is 1. The molecule has 4 rings (SSSR count). The van der Waals surface area contributed by atoms with Crippen molar-refractivity contribution in [2.24, 2.45) is 5.92 Å². The number of hydrogen-bond acceptors (Lipinski definition) is 3. The van der Waals surface area contributed by atoms with Gasteiger partial charge in [-0.15, -0.1) is 0 Å². The molecule has 2 aromatic rings. The number of benzene rings is 1. The summed E-state index contributed by atoms with van der Waals surface area (Å²) in [5.74, 6) is 0.874. The second-order valence-electron chi connectivity index (χ2n) is 6.95. The number of carbonyl (C=O) groups is 1. The van der Waals surface area contributed by atoms with Gasteiger partial charge in [-0.3, -0.25) is 9.78 Å². The van der Waals surface area contributed by atoms with Gasteiger partial charge < -0.3 is 10.0 Å². The lowest BCUT2D eigenvalue weighted by Crippen LogP contribution is -2.39. The number of hydrogen-bond donors (Lipinski definition) is 1. The zero-order valence-electron chi connectivity index (χ0n) is 13.5. The van der Waals surface area contributed by atoms with Gasteiger partial charge in [0.1, 0.15) is 0 Å². The number of nitrogens with zero attached hydrogens (tertiary/aromatic N) is 2. The summed E-state index contributed by atoms with van der Waals surface area (Å²) in [6, 6.07) is 7.54. The second kappa shape index (κ2) is 6.34. The van der Waals surface area contributed by atoms with E-state index in [1.165, 1.54) is 0 Å². The summed E-state index contributed by atoms with van der Waals surface area (Å²) in [5.41, 5.74) is 2.59. The predicted molar refractivity (Wildman–Crippen MR) is 94.4 cm³/mol. The summed E-state index contributed by atoms with van der Waals surface area (Å²) in [4.78, 5) is 19.7. The summed E-state index contributed by atoms with van der Waals surface area (Å²) in [6.07, 6.45) is 4.03. The Hall–Kier alpha value is -1.65. The maximum atomic E-state index is 13.1. The minimum atomic E-state index is 0.0583. The average molecular weight is 345 g/mol. The van der Waals surface area contributed by atoms with Crippen LogP contribution in [0.4, 0.5) is 0 Å². The van der Waals surface area contributed by atoms with Gasteiger partial charge in [-0.1, -0.05) is 11.6 Å². The van der Waals surface area contributed by atoms with Crippen LogP contribution in [0.1, 0.15) is 47.7 Å². The fraction of sp³-hybridized carbons (Fsp3) is 0.474. The Balaban J connectivity index is 1.71. The molecular formula is C19H21ClN2O2. The Bertz CT molecular complexity index is 780. The second-order valence-corrected chi connectivity index (χ2v) is 7.39. The van der Waals surface area contributed by atoms with Crippen molar-refractivity contribution in [3.8, 4) is 0 Å². The molecule has 1 aliphatic carbocycles. The molecule has 2 aliphatic rings. The molecule has 1 aliphatic heterocycles. The lowest BCUT2D eigenvalue weighted by atomic mass is 9.96. The number of fused-ring (bicyclic) bond motifs is 1. The highest BCUT2D eigenvalue weighted by molar-refractivity contribution is 6.31. The molecule has 4 nitrogen and oxygen atoms in total. The predicted octanol–water partition coefficient (Wildman–Crippen LogP) is 3.61. The highest BCUT2D eigenvalue weighted by Gasteiger charge is 2.29. The number of pyridine rings is 1. The number of likely N-dealkylation sites (tertiary alicyclic amines) is 1. The third kappa shape index (κ3) is 3.01. The van der Waals surface area contributed by atoms with Gasteiger partial charge in [-0.25, -0.2) is 0 Å². The van der Waals surface area contributed by atoms with Crippen molar-refractivity contribution in [1.29, 1.82) is 0 Å². The zero-order chi connectivity index (χ0) is 16.7. The largest absolute Gasteiger partial charge is 0.396 e. The van der Waals surface area contributed by atoms with Gasteiger partial charge >= 0.3 is 0 Å². The van der Waals surface area contributed by atoms with E-state index in [0.29, 0.717) is 35.5 Å². The number of rotatable bonds is 3. The van der Waals surface area contributed by atoms with Crippen molar-refractivity contribution in [1.82, 2.24) is 9.88 Å². The number of amides is 1. The van der Waals surface area contributed by atoms with E-state index in [4.69, 9.17) is 16.6 Å². The van der Waals surface area contributed by atoms with Crippen LogP contribution in [-0.2, 0) is 0 Å². The van der Waals surface area contributed by atoms with Crippen LogP contribution in [0.3, 0.4) is 0 Å². The van der Waals surface area contributed by atoms with Gasteiger partial charge in [0.25, 0.3) is 5.91 Å². The Morgan fingerprint density at radius 3 is 2.62 bits per heavy atom. The van der Waals surface area contributed by atoms with Crippen molar-refractivity contribution >= 4 is 28.4 Å². The molecule has 0 unspecified atom stereocenters. The van der Waals surface area contributed by atoms with E-state index in [-0.39, 0.29) is 12.5 Å². The Morgan fingerprint density at radius 1 is 1.21 bits per heavy atom. The molecule has 1 saturated carbocycles. The van der Waals surface area contributed by atoms with Crippen LogP contribution in [0.15, 0.2) is 24.3 Å². The average Bonchev–Trinajstić information content (AvgIpc) is 3.45. The fourth-order valence-corrected chi connectivity index (χ4v) is 3.64. The third-order valence-corrected chi connectivity index (χ3v) is 5.41. The van der Waals surface area contributed by atoms with E-state index in [0.717, 1.165) is 42.3 Å². The van der Waals surface area contributed by atoms with Gasteiger partial charge in [0.2, 0.25) is 0 Å². The van der Waals surface area contributed by atoms with Crippen molar-refractivity contribution in [2.45, 2.75) is 31.6 Å². The molecule has 0 atom stereocenters. The molecule has 2 fully saturated rings. The number of aliphatic hydroxyl groups excluding tert-OH is 1. The first-order valence-electron chi connectivity index (χ1n) is 8.66. The monoisotopic (exact) mass is 344 g/mol. The molecule has 1 aromatic carbocycles. The quantitative estimate of drug-likeness (QED) is 0.925. The Morgan fingerprint density at radius 2 is 1.96 bits per heavy atom. The van der Waals surface area contributed by atoms with Crippen LogP contribution >= 0.6 is 11.6 Å². The molecule has 24 heavy (non-hydrogen) atoms. The standard InChI is InChI=1S/C19H21ClN2O2/c20-14-3-4-17-15(9-14)16(10-18(21-17)13-1-2-13)19(24)22-7-5-12(11-23)6-8-22/h3-4,9-10,12-13,23H,1-2,5-8,11H2. The topological polar surface area (TPSA) is 53.4 Å². The molecule has 1 saturated heterocycles. The van der Waals surface area contributed by atoms with E-state index in [2.05, 4.69) is 0 Å². The summed E-state index contributed by atoms with van der Waals surface area (Å²) >= 11 is 6.15. The molecule has 0 radical (unpaired) electrons.